The first-order valence-electron chi connectivity index (χ1n) is 11.7. The molecular weight excluding hydrogens is 464 g/mol. The molecule has 0 bridgehead atoms. The molecule has 35 heavy (non-hydrogen) atoms. The molecule has 4 rings (SSSR count). The highest BCUT2D eigenvalue weighted by molar-refractivity contribution is 6.31. The second-order valence-corrected chi connectivity index (χ2v) is 9.30. The summed E-state index contributed by atoms with van der Waals surface area (Å²) in [6.07, 6.45) is 4.42. The lowest BCUT2D eigenvalue weighted by molar-refractivity contribution is 0.0933. The number of likely N-dealkylation sites (tertiary alicyclic amines) is 1. The summed E-state index contributed by atoms with van der Waals surface area (Å²) in [5.74, 6) is 0.368. The Morgan fingerprint density at radius 3 is 2.97 bits per heavy atom. The van der Waals surface area contributed by atoms with E-state index >= 15 is 0 Å². The molecule has 9 nitrogen and oxygen atoms in total. The van der Waals surface area contributed by atoms with Crippen LogP contribution in [0.4, 0.5) is 5.69 Å². The smallest absolute Gasteiger partial charge is 0.255 e. The van der Waals surface area contributed by atoms with Crippen molar-refractivity contribution in [3.05, 3.63) is 52.4 Å². The summed E-state index contributed by atoms with van der Waals surface area (Å²) in [6.45, 7) is 9.20. The molecule has 0 spiro atoms. The first kappa shape index (κ1) is 24.8. The van der Waals surface area contributed by atoms with Gasteiger partial charge >= 0.3 is 0 Å². The van der Waals surface area contributed by atoms with Gasteiger partial charge in [-0.1, -0.05) is 11.6 Å². The van der Waals surface area contributed by atoms with Crippen LogP contribution in [0.15, 0.2) is 40.6 Å². The van der Waals surface area contributed by atoms with Crippen LogP contribution in [0.3, 0.4) is 0 Å². The first-order chi connectivity index (χ1) is 16.9. The van der Waals surface area contributed by atoms with Crippen LogP contribution in [0.5, 0.6) is 0 Å². The molecular formula is C25H31ClN8O. The number of carbonyl (C=O) groups excluding carboxylic acids is 1. The second-order valence-electron chi connectivity index (χ2n) is 8.86. The van der Waals surface area contributed by atoms with E-state index in [-0.39, 0.29) is 11.9 Å². The quantitative estimate of drug-likeness (QED) is 0.395. The number of H-pyrrole nitrogens is 1. The van der Waals surface area contributed by atoms with Gasteiger partial charge in [-0.25, -0.2) is 9.97 Å². The minimum atomic E-state index is -0.184. The number of aromatic amines is 1. The maximum Gasteiger partial charge on any atom is 0.255 e. The molecule has 1 amide bonds. The van der Waals surface area contributed by atoms with Gasteiger partial charge in [-0.3, -0.25) is 9.79 Å². The number of hydrogen-bond acceptors (Lipinski definition) is 7. The van der Waals surface area contributed by atoms with Crippen molar-refractivity contribution in [3.63, 3.8) is 0 Å². The Morgan fingerprint density at radius 1 is 1.40 bits per heavy atom. The fourth-order valence-corrected chi connectivity index (χ4v) is 4.80. The molecule has 1 saturated heterocycles. The van der Waals surface area contributed by atoms with Gasteiger partial charge in [0.15, 0.2) is 5.65 Å². The number of carbonyl (C=O) groups is 1. The van der Waals surface area contributed by atoms with Crippen LogP contribution in [-0.4, -0.2) is 84.5 Å². The van der Waals surface area contributed by atoms with Gasteiger partial charge in [-0.15, -0.1) is 0 Å². The molecule has 0 radical (unpaired) electrons. The van der Waals surface area contributed by atoms with Crippen molar-refractivity contribution in [2.45, 2.75) is 19.4 Å². The lowest BCUT2D eigenvalue weighted by atomic mass is 10.0. The molecule has 184 valence electrons. The minimum absolute atomic E-state index is 0.0148. The third-order valence-electron chi connectivity index (χ3n) is 6.26. The van der Waals surface area contributed by atoms with Crippen molar-refractivity contribution >= 4 is 46.8 Å². The monoisotopic (exact) mass is 494 g/mol. The average Bonchev–Trinajstić information content (AvgIpc) is 3.47. The zero-order valence-electron chi connectivity index (χ0n) is 20.3. The van der Waals surface area contributed by atoms with E-state index in [1.165, 1.54) is 0 Å². The maximum atomic E-state index is 13.1. The zero-order valence-corrected chi connectivity index (χ0v) is 21.1. The molecule has 0 aliphatic carbocycles. The van der Waals surface area contributed by atoms with Gasteiger partial charge in [-0.2, -0.15) is 0 Å². The number of fused-ring (bicyclic) bond motifs is 1. The topological polar surface area (TPSA) is 111 Å². The summed E-state index contributed by atoms with van der Waals surface area (Å²) in [6, 6.07) is 5.52. The Balaban J connectivity index is 1.53. The summed E-state index contributed by atoms with van der Waals surface area (Å²) in [4.78, 5) is 36.3. The molecule has 1 aliphatic heterocycles. The number of nitrogens with one attached hydrogen (secondary N) is 3. The molecule has 3 aromatic rings. The van der Waals surface area contributed by atoms with Crippen molar-refractivity contribution < 1.29 is 4.79 Å². The van der Waals surface area contributed by atoms with Gasteiger partial charge in [0, 0.05) is 62.2 Å². The number of benzene rings is 1. The first-order valence-corrected chi connectivity index (χ1v) is 12.1. The standard InChI is InChI=1S/C25H31ClN8O/c1-15(13-34-8-7-16(14-34)10-27-2)32-25(35)19-11-30-24-23(19)33-21(12-31-24)22(29-4)18-6-5-17(26)9-20(18)28-3/h5-6,9,11-12,15-16,28H,2,7-8,10,13-14H2,1,3-4H3,(H,30,31)(H,32,35). The van der Waals surface area contributed by atoms with E-state index < -0.39 is 0 Å². The molecule has 2 aromatic heterocycles. The third-order valence-corrected chi connectivity index (χ3v) is 6.50. The number of anilines is 1. The van der Waals surface area contributed by atoms with E-state index in [0.717, 1.165) is 43.9 Å². The highest BCUT2D eigenvalue weighted by Crippen LogP contribution is 2.24. The van der Waals surface area contributed by atoms with Crippen LogP contribution in [0, 0.1) is 5.92 Å². The van der Waals surface area contributed by atoms with Crippen LogP contribution in [0.25, 0.3) is 11.2 Å². The van der Waals surface area contributed by atoms with E-state index in [0.29, 0.717) is 39.1 Å². The highest BCUT2D eigenvalue weighted by Gasteiger charge is 2.24. The van der Waals surface area contributed by atoms with Gasteiger partial charge in [-0.05, 0) is 50.7 Å². The number of aromatic nitrogens is 3. The Morgan fingerprint density at radius 2 is 2.23 bits per heavy atom. The largest absolute Gasteiger partial charge is 0.388 e. The summed E-state index contributed by atoms with van der Waals surface area (Å²) >= 11 is 6.16. The summed E-state index contributed by atoms with van der Waals surface area (Å²) < 4.78 is 0. The van der Waals surface area contributed by atoms with Crippen LogP contribution < -0.4 is 10.6 Å². The Kier molecular flexibility index (Phi) is 7.77. The normalized spacial score (nSPS) is 17.5. The van der Waals surface area contributed by atoms with Crippen LogP contribution >= 0.6 is 11.6 Å². The molecule has 2 unspecified atom stereocenters. The third kappa shape index (κ3) is 5.52. The molecule has 1 aromatic carbocycles. The summed E-state index contributed by atoms with van der Waals surface area (Å²) in [5, 5.41) is 6.88. The lowest BCUT2D eigenvalue weighted by Gasteiger charge is -2.21. The number of nitrogens with zero attached hydrogens (tertiary/aromatic N) is 5. The van der Waals surface area contributed by atoms with Crippen molar-refractivity contribution in [1.29, 1.82) is 0 Å². The fraction of sp³-hybridized carbons (Fsp3) is 0.400. The predicted octanol–water partition coefficient (Wildman–Crippen LogP) is 3.26. The number of amides is 1. The Hall–Kier alpha value is -3.30. The van der Waals surface area contributed by atoms with E-state index in [1.54, 1.807) is 19.4 Å². The molecule has 10 heteroatoms. The average molecular weight is 495 g/mol. The van der Waals surface area contributed by atoms with E-state index in [9.17, 15) is 4.79 Å². The van der Waals surface area contributed by atoms with Crippen LogP contribution in [0.1, 0.15) is 35.0 Å². The zero-order chi connectivity index (χ0) is 24.9. The van der Waals surface area contributed by atoms with Crippen molar-refractivity contribution in [3.8, 4) is 0 Å². The molecule has 3 heterocycles. The highest BCUT2D eigenvalue weighted by atomic mass is 35.5. The summed E-state index contributed by atoms with van der Waals surface area (Å²) in [7, 11) is 3.53. The van der Waals surface area contributed by atoms with Crippen LogP contribution in [0.2, 0.25) is 5.02 Å². The van der Waals surface area contributed by atoms with Gasteiger partial charge in [0.1, 0.15) is 11.2 Å². The van der Waals surface area contributed by atoms with Crippen molar-refractivity contribution in [1.82, 2.24) is 25.2 Å². The SMILES string of the molecule is C=NCC1CCN(CC(C)NC(=O)c2c[nH]c3ncc(C(=NC)c4ccc(Cl)cc4NC)nc23)C1. The number of halogens is 1. The number of hydrogen-bond donors (Lipinski definition) is 3. The Bertz CT molecular complexity index is 1250. The Labute approximate surface area is 210 Å². The molecule has 1 aliphatic rings. The van der Waals surface area contributed by atoms with Gasteiger partial charge < -0.3 is 25.5 Å². The van der Waals surface area contributed by atoms with Gasteiger partial charge in [0.05, 0.1) is 17.5 Å². The lowest BCUT2D eigenvalue weighted by Crippen LogP contribution is -2.41. The van der Waals surface area contributed by atoms with E-state index in [4.69, 9.17) is 16.6 Å². The molecule has 2 atom stereocenters. The van der Waals surface area contributed by atoms with Crippen molar-refractivity contribution in [2.75, 3.05) is 45.6 Å². The van der Waals surface area contributed by atoms with Crippen LogP contribution in [-0.2, 0) is 0 Å². The maximum absolute atomic E-state index is 13.1. The van der Waals surface area contributed by atoms with E-state index in [2.05, 4.69) is 42.2 Å². The summed E-state index contributed by atoms with van der Waals surface area (Å²) in [5.41, 5.74) is 4.40. The number of rotatable bonds is 9. The van der Waals surface area contributed by atoms with Gasteiger partial charge in [0.2, 0.25) is 0 Å². The van der Waals surface area contributed by atoms with E-state index in [1.807, 2.05) is 32.2 Å². The fourth-order valence-electron chi connectivity index (χ4n) is 4.63. The van der Waals surface area contributed by atoms with Gasteiger partial charge in [0.25, 0.3) is 5.91 Å². The number of aliphatic imine (C=N–C) groups is 2. The van der Waals surface area contributed by atoms with Crippen molar-refractivity contribution in [2.24, 2.45) is 15.9 Å². The predicted molar refractivity (Wildman–Crippen MR) is 142 cm³/mol. The minimum Gasteiger partial charge on any atom is -0.388 e. The molecule has 0 saturated carbocycles. The molecule has 3 N–H and O–H groups in total. The second kappa shape index (κ2) is 11.0. The molecule has 1 fully saturated rings.